The topological polar surface area (TPSA) is 82.4 Å². The molecule has 1 atom stereocenters. The zero-order chi connectivity index (χ0) is 15.3. The first-order chi connectivity index (χ1) is 10.1. The number of hydrogen-bond donors (Lipinski definition) is 1. The van der Waals surface area contributed by atoms with E-state index in [1.165, 1.54) is 16.4 Å². The molecule has 1 aromatic carbocycles. The molecule has 1 aliphatic heterocycles. The summed E-state index contributed by atoms with van der Waals surface area (Å²) in [6, 6.07) is 7.70. The van der Waals surface area contributed by atoms with Gasteiger partial charge in [0, 0.05) is 19.6 Å². The lowest BCUT2D eigenvalue weighted by atomic mass is 10.3. The van der Waals surface area contributed by atoms with Crippen molar-refractivity contribution in [1.29, 1.82) is 5.26 Å². The van der Waals surface area contributed by atoms with E-state index in [1.807, 2.05) is 13.0 Å². The second-order valence-electron chi connectivity index (χ2n) is 4.78. The Hall–Kier alpha value is -1.62. The number of benzene rings is 1. The Morgan fingerprint density at radius 3 is 2.76 bits per heavy atom. The molecule has 1 unspecified atom stereocenters. The van der Waals surface area contributed by atoms with Gasteiger partial charge in [0.2, 0.25) is 10.0 Å². The number of sulfonamides is 1. The van der Waals surface area contributed by atoms with E-state index in [4.69, 9.17) is 10.00 Å². The summed E-state index contributed by atoms with van der Waals surface area (Å²) in [6.45, 7) is 3.81. The van der Waals surface area contributed by atoms with Gasteiger partial charge in [-0.05, 0) is 30.7 Å². The van der Waals surface area contributed by atoms with E-state index >= 15 is 0 Å². The highest BCUT2D eigenvalue weighted by Gasteiger charge is 2.33. The summed E-state index contributed by atoms with van der Waals surface area (Å²) in [5.74, 6) is 0.646. The van der Waals surface area contributed by atoms with Crippen molar-refractivity contribution in [2.75, 3.05) is 26.2 Å². The first-order valence-electron chi connectivity index (χ1n) is 6.94. The number of nitrogens with zero attached hydrogens (tertiary/aromatic N) is 2. The van der Waals surface area contributed by atoms with E-state index in [9.17, 15) is 8.42 Å². The molecule has 0 spiro atoms. The highest BCUT2D eigenvalue weighted by atomic mass is 32.2. The molecule has 7 heteroatoms. The SMILES string of the molecule is CCCOc1ccc(S(=O)(=O)N2CCNCC2C#N)cc1. The van der Waals surface area contributed by atoms with Crippen molar-refractivity contribution >= 4 is 10.0 Å². The molecule has 114 valence electrons. The number of nitrogens with one attached hydrogen (secondary N) is 1. The molecule has 1 fully saturated rings. The summed E-state index contributed by atoms with van der Waals surface area (Å²) in [6.07, 6.45) is 0.894. The van der Waals surface area contributed by atoms with Crippen molar-refractivity contribution < 1.29 is 13.2 Å². The first-order valence-corrected chi connectivity index (χ1v) is 8.38. The van der Waals surface area contributed by atoms with Crippen LogP contribution in [-0.4, -0.2) is 45.0 Å². The third kappa shape index (κ3) is 3.53. The quantitative estimate of drug-likeness (QED) is 0.876. The molecule has 1 aliphatic rings. The fourth-order valence-corrected chi connectivity index (χ4v) is 3.69. The minimum Gasteiger partial charge on any atom is -0.494 e. The van der Waals surface area contributed by atoms with Crippen LogP contribution in [0.3, 0.4) is 0 Å². The molecule has 21 heavy (non-hydrogen) atoms. The average molecular weight is 309 g/mol. The summed E-state index contributed by atoms with van der Waals surface area (Å²) in [5, 5.41) is 12.1. The number of rotatable bonds is 5. The molecule has 1 saturated heterocycles. The van der Waals surface area contributed by atoms with E-state index in [0.717, 1.165) is 6.42 Å². The molecular weight excluding hydrogens is 290 g/mol. The normalized spacial score (nSPS) is 19.9. The Balaban J connectivity index is 2.20. The van der Waals surface area contributed by atoms with Gasteiger partial charge in [-0.1, -0.05) is 6.92 Å². The van der Waals surface area contributed by atoms with Crippen LogP contribution < -0.4 is 10.1 Å². The lowest BCUT2D eigenvalue weighted by Crippen LogP contribution is -2.52. The van der Waals surface area contributed by atoms with Crippen LogP contribution in [0.1, 0.15) is 13.3 Å². The highest BCUT2D eigenvalue weighted by Crippen LogP contribution is 2.22. The first kappa shape index (κ1) is 15.8. The standard InChI is InChI=1S/C14H19N3O3S/c1-2-9-20-13-3-5-14(6-4-13)21(18,19)17-8-7-16-11-12(17)10-15/h3-6,12,16H,2,7-9,11H2,1H3. The van der Waals surface area contributed by atoms with Crippen molar-refractivity contribution in [1.82, 2.24) is 9.62 Å². The average Bonchev–Trinajstić information content (AvgIpc) is 2.53. The Morgan fingerprint density at radius 1 is 1.43 bits per heavy atom. The van der Waals surface area contributed by atoms with Gasteiger partial charge in [-0.15, -0.1) is 0 Å². The summed E-state index contributed by atoms with van der Waals surface area (Å²) in [7, 11) is -3.65. The Kier molecular flexibility index (Phi) is 5.17. The maximum atomic E-state index is 12.6. The molecule has 0 saturated carbocycles. The lowest BCUT2D eigenvalue weighted by Gasteiger charge is -2.30. The predicted octanol–water partition coefficient (Wildman–Crippen LogP) is 0.961. The van der Waals surface area contributed by atoms with Gasteiger partial charge >= 0.3 is 0 Å². The van der Waals surface area contributed by atoms with Crippen LogP contribution >= 0.6 is 0 Å². The molecule has 2 rings (SSSR count). The van der Waals surface area contributed by atoms with Gasteiger partial charge in [0.1, 0.15) is 11.8 Å². The van der Waals surface area contributed by atoms with Gasteiger partial charge in [0.05, 0.1) is 17.6 Å². The molecule has 0 aliphatic carbocycles. The van der Waals surface area contributed by atoms with E-state index in [2.05, 4.69) is 5.32 Å². The third-order valence-electron chi connectivity index (χ3n) is 3.25. The van der Waals surface area contributed by atoms with Crippen LogP contribution in [0.4, 0.5) is 0 Å². The Labute approximate surface area is 125 Å². The van der Waals surface area contributed by atoms with Crippen molar-refractivity contribution in [2.45, 2.75) is 24.3 Å². The molecular formula is C14H19N3O3S. The van der Waals surface area contributed by atoms with Gasteiger partial charge < -0.3 is 10.1 Å². The van der Waals surface area contributed by atoms with Crippen LogP contribution in [0.15, 0.2) is 29.2 Å². The van der Waals surface area contributed by atoms with Crippen LogP contribution in [-0.2, 0) is 10.0 Å². The molecule has 1 N–H and O–H groups in total. The fraction of sp³-hybridized carbons (Fsp3) is 0.500. The van der Waals surface area contributed by atoms with Crippen molar-refractivity contribution in [3.8, 4) is 11.8 Å². The lowest BCUT2D eigenvalue weighted by molar-refractivity contribution is 0.311. The van der Waals surface area contributed by atoms with Crippen LogP contribution in [0.2, 0.25) is 0 Å². The maximum absolute atomic E-state index is 12.6. The molecule has 0 aromatic heterocycles. The van der Waals surface area contributed by atoms with Gasteiger partial charge in [0.25, 0.3) is 0 Å². The van der Waals surface area contributed by atoms with Gasteiger partial charge in [0.15, 0.2) is 0 Å². The maximum Gasteiger partial charge on any atom is 0.244 e. The minimum atomic E-state index is -3.65. The Bertz CT molecular complexity index is 607. The van der Waals surface area contributed by atoms with Crippen LogP contribution in [0.25, 0.3) is 0 Å². The summed E-state index contributed by atoms with van der Waals surface area (Å²) in [4.78, 5) is 0.188. The van der Waals surface area contributed by atoms with E-state index < -0.39 is 16.1 Å². The number of hydrogen-bond acceptors (Lipinski definition) is 5. The summed E-state index contributed by atoms with van der Waals surface area (Å²) < 4.78 is 31.9. The molecule has 0 bridgehead atoms. The minimum absolute atomic E-state index is 0.188. The fourth-order valence-electron chi connectivity index (χ4n) is 2.15. The second-order valence-corrected chi connectivity index (χ2v) is 6.68. The summed E-state index contributed by atoms with van der Waals surface area (Å²) >= 11 is 0. The zero-order valence-corrected chi connectivity index (χ0v) is 12.8. The molecule has 1 aromatic rings. The van der Waals surface area contributed by atoms with Crippen molar-refractivity contribution in [3.05, 3.63) is 24.3 Å². The third-order valence-corrected chi connectivity index (χ3v) is 5.17. The number of ether oxygens (including phenoxy) is 1. The molecule has 1 heterocycles. The van der Waals surface area contributed by atoms with Gasteiger partial charge in [-0.25, -0.2) is 8.42 Å². The largest absolute Gasteiger partial charge is 0.494 e. The van der Waals surface area contributed by atoms with E-state index in [-0.39, 0.29) is 4.90 Å². The number of nitriles is 1. The van der Waals surface area contributed by atoms with Gasteiger partial charge in [-0.2, -0.15) is 9.57 Å². The summed E-state index contributed by atoms with van der Waals surface area (Å²) in [5.41, 5.74) is 0. The van der Waals surface area contributed by atoms with Gasteiger partial charge in [-0.3, -0.25) is 0 Å². The second kappa shape index (κ2) is 6.89. The molecule has 6 nitrogen and oxygen atoms in total. The predicted molar refractivity (Wildman–Crippen MR) is 78.4 cm³/mol. The van der Waals surface area contributed by atoms with Crippen molar-refractivity contribution in [2.24, 2.45) is 0 Å². The van der Waals surface area contributed by atoms with Crippen LogP contribution in [0, 0.1) is 11.3 Å². The molecule has 0 amide bonds. The highest BCUT2D eigenvalue weighted by molar-refractivity contribution is 7.89. The van der Waals surface area contributed by atoms with Crippen LogP contribution in [0.5, 0.6) is 5.75 Å². The number of piperazine rings is 1. The smallest absolute Gasteiger partial charge is 0.244 e. The monoisotopic (exact) mass is 309 g/mol. The zero-order valence-electron chi connectivity index (χ0n) is 11.9. The Morgan fingerprint density at radius 2 is 2.14 bits per heavy atom. The van der Waals surface area contributed by atoms with E-state index in [0.29, 0.717) is 32.0 Å². The molecule has 0 radical (unpaired) electrons. The van der Waals surface area contributed by atoms with Crippen molar-refractivity contribution in [3.63, 3.8) is 0 Å². The van der Waals surface area contributed by atoms with E-state index in [1.54, 1.807) is 12.1 Å².